The summed E-state index contributed by atoms with van der Waals surface area (Å²) in [6.45, 7) is 0.500. The van der Waals surface area contributed by atoms with Crippen LogP contribution in [0.4, 0.5) is 0 Å². The van der Waals surface area contributed by atoms with Gasteiger partial charge < -0.3 is 4.74 Å². The summed E-state index contributed by atoms with van der Waals surface area (Å²) in [5.41, 5.74) is 5.20. The minimum atomic E-state index is -0.210. The van der Waals surface area contributed by atoms with Crippen molar-refractivity contribution in [1.29, 1.82) is 0 Å². The Morgan fingerprint density at radius 1 is 1.21 bits per heavy atom. The molecular weight excluding hydrogens is 372 g/mol. The number of amides is 1. The van der Waals surface area contributed by atoms with Gasteiger partial charge in [-0.05, 0) is 23.3 Å². The molecule has 140 valence electrons. The van der Waals surface area contributed by atoms with Gasteiger partial charge in [0.1, 0.15) is 12.4 Å². The number of carbonyl (C=O) groups excluding carboxylic acids is 1. The van der Waals surface area contributed by atoms with Gasteiger partial charge in [0.2, 0.25) is 5.91 Å². The molecule has 0 aliphatic rings. The van der Waals surface area contributed by atoms with E-state index in [1.165, 1.54) is 11.3 Å². The van der Waals surface area contributed by atoms with E-state index in [0.717, 1.165) is 27.5 Å². The molecule has 4 rings (SSSR count). The van der Waals surface area contributed by atoms with E-state index in [1.807, 2.05) is 76.8 Å². The van der Waals surface area contributed by atoms with Crippen LogP contribution < -0.4 is 10.2 Å². The third-order valence-electron chi connectivity index (χ3n) is 3.99. The number of nitrogens with zero attached hydrogens (tertiary/aromatic N) is 3. The highest BCUT2D eigenvalue weighted by Gasteiger charge is 2.07. The van der Waals surface area contributed by atoms with E-state index < -0.39 is 0 Å². The number of carbonyl (C=O) groups is 1. The summed E-state index contributed by atoms with van der Waals surface area (Å²) < 4.78 is 7.70. The predicted molar refractivity (Wildman–Crippen MR) is 110 cm³/mol. The van der Waals surface area contributed by atoms with E-state index in [2.05, 4.69) is 15.5 Å². The van der Waals surface area contributed by atoms with Crippen LogP contribution >= 0.6 is 11.3 Å². The van der Waals surface area contributed by atoms with E-state index in [1.54, 1.807) is 6.21 Å². The van der Waals surface area contributed by atoms with Crippen molar-refractivity contribution in [3.05, 3.63) is 89.2 Å². The van der Waals surface area contributed by atoms with E-state index >= 15 is 0 Å². The molecule has 2 heterocycles. The Hall–Kier alpha value is -3.45. The third kappa shape index (κ3) is 4.63. The lowest BCUT2D eigenvalue weighted by atomic mass is 10.2. The molecule has 0 spiro atoms. The number of imidazole rings is 1. The number of hydrogen-bond acceptors (Lipinski definition) is 5. The maximum atomic E-state index is 12.0. The molecule has 0 radical (unpaired) electrons. The first-order valence-electron chi connectivity index (χ1n) is 8.76. The molecule has 1 amide bonds. The van der Waals surface area contributed by atoms with Gasteiger partial charge in [-0.2, -0.15) is 5.10 Å². The Morgan fingerprint density at radius 2 is 2.11 bits per heavy atom. The van der Waals surface area contributed by atoms with Crippen LogP contribution in [0.15, 0.2) is 77.5 Å². The molecule has 0 fully saturated rings. The maximum Gasteiger partial charge on any atom is 0.246 e. The van der Waals surface area contributed by atoms with Crippen molar-refractivity contribution >= 4 is 28.4 Å². The van der Waals surface area contributed by atoms with Crippen molar-refractivity contribution in [1.82, 2.24) is 14.8 Å². The van der Waals surface area contributed by atoms with Gasteiger partial charge in [-0.15, -0.1) is 11.3 Å². The Labute approximate surface area is 166 Å². The highest BCUT2D eigenvalue weighted by Crippen LogP contribution is 2.14. The Balaban J connectivity index is 1.30. The Morgan fingerprint density at radius 3 is 2.96 bits per heavy atom. The van der Waals surface area contributed by atoms with E-state index in [-0.39, 0.29) is 12.3 Å². The molecule has 2 aromatic carbocycles. The van der Waals surface area contributed by atoms with Crippen molar-refractivity contribution in [2.24, 2.45) is 5.10 Å². The summed E-state index contributed by atoms with van der Waals surface area (Å²) in [5.74, 6) is 0.538. The van der Waals surface area contributed by atoms with Gasteiger partial charge in [0.25, 0.3) is 0 Å². The number of hydrogen-bond donors (Lipinski definition) is 1. The van der Waals surface area contributed by atoms with Crippen molar-refractivity contribution < 1.29 is 9.53 Å². The van der Waals surface area contributed by atoms with Crippen LogP contribution in [-0.4, -0.2) is 21.5 Å². The molecule has 2 aromatic heterocycles. The average Bonchev–Trinajstić information content (AvgIpc) is 3.29. The second-order valence-corrected chi connectivity index (χ2v) is 7.01. The topological polar surface area (TPSA) is 68.0 Å². The number of benzene rings is 2. The summed E-state index contributed by atoms with van der Waals surface area (Å²) in [6.07, 6.45) is 5.55. The second-order valence-electron chi connectivity index (χ2n) is 6.14. The molecule has 1 N–H and O–H groups in total. The minimum absolute atomic E-state index is 0.186. The zero-order valence-corrected chi connectivity index (χ0v) is 15.8. The fourth-order valence-corrected chi connectivity index (χ4v) is 3.39. The molecule has 0 atom stereocenters. The Bertz CT molecular complexity index is 1070. The molecule has 6 nitrogen and oxygen atoms in total. The second kappa shape index (κ2) is 8.49. The van der Waals surface area contributed by atoms with E-state index in [9.17, 15) is 4.79 Å². The fraction of sp³-hybridized carbons (Fsp3) is 0.0952. The number of ether oxygens (including phenoxy) is 1. The Kier molecular flexibility index (Phi) is 5.44. The normalized spacial score (nSPS) is 11.1. The lowest BCUT2D eigenvalue weighted by Gasteiger charge is -2.06. The van der Waals surface area contributed by atoms with Gasteiger partial charge in [0, 0.05) is 17.8 Å². The molecule has 0 bridgehead atoms. The van der Waals surface area contributed by atoms with Crippen LogP contribution in [0, 0.1) is 0 Å². The summed E-state index contributed by atoms with van der Waals surface area (Å²) in [4.78, 5) is 17.3. The number of hydrazone groups is 1. The average molecular weight is 390 g/mol. The summed E-state index contributed by atoms with van der Waals surface area (Å²) in [5, 5.41) is 5.98. The van der Waals surface area contributed by atoms with Crippen LogP contribution in [0.1, 0.15) is 16.8 Å². The molecule has 0 aliphatic heterocycles. The van der Waals surface area contributed by atoms with Gasteiger partial charge >= 0.3 is 0 Å². The third-order valence-corrected chi connectivity index (χ3v) is 4.76. The van der Waals surface area contributed by atoms with Gasteiger partial charge in [0.05, 0.1) is 18.3 Å². The van der Waals surface area contributed by atoms with Crippen molar-refractivity contribution in [2.75, 3.05) is 0 Å². The van der Waals surface area contributed by atoms with Crippen LogP contribution in [-0.2, 0) is 17.8 Å². The summed E-state index contributed by atoms with van der Waals surface area (Å²) in [7, 11) is 0. The number of thiazole rings is 1. The zero-order chi connectivity index (χ0) is 19.2. The lowest BCUT2D eigenvalue weighted by molar-refractivity contribution is -0.120. The summed E-state index contributed by atoms with van der Waals surface area (Å²) in [6, 6.07) is 17.5. The standard InChI is InChI=1S/C21H18N4O2S/c26-20(12-18-14-25-9-10-28-21(25)23-18)24-22-13-17-7-4-8-19(11-17)27-15-16-5-2-1-3-6-16/h1-11,13-14H,12,15H2,(H,24,26). The first-order chi connectivity index (χ1) is 13.8. The lowest BCUT2D eigenvalue weighted by Crippen LogP contribution is -2.19. The molecule has 0 saturated carbocycles. The zero-order valence-electron chi connectivity index (χ0n) is 15.0. The smallest absolute Gasteiger partial charge is 0.246 e. The predicted octanol–water partition coefficient (Wildman–Crippen LogP) is 3.67. The highest BCUT2D eigenvalue weighted by atomic mass is 32.1. The van der Waals surface area contributed by atoms with Gasteiger partial charge in [-0.3, -0.25) is 9.20 Å². The molecule has 28 heavy (non-hydrogen) atoms. The van der Waals surface area contributed by atoms with Crippen LogP contribution in [0.3, 0.4) is 0 Å². The monoisotopic (exact) mass is 390 g/mol. The van der Waals surface area contributed by atoms with Gasteiger partial charge in [-0.1, -0.05) is 42.5 Å². The minimum Gasteiger partial charge on any atom is -0.489 e. The SMILES string of the molecule is O=C(Cc1cn2ccsc2n1)NN=Cc1cccc(OCc2ccccc2)c1. The van der Waals surface area contributed by atoms with Crippen molar-refractivity contribution in [3.8, 4) is 5.75 Å². The highest BCUT2D eigenvalue weighted by molar-refractivity contribution is 7.15. The largest absolute Gasteiger partial charge is 0.489 e. The molecule has 4 aromatic rings. The van der Waals surface area contributed by atoms with E-state index in [4.69, 9.17) is 4.74 Å². The molecule has 7 heteroatoms. The number of aromatic nitrogens is 2. The maximum absolute atomic E-state index is 12.0. The summed E-state index contributed by atoms with van der Waals surface area (Å²) >= 11 is 1.53. The van der Waals surface area contributed by atoms with Gasteiger partial charge in [-0.25, -0.2) is 10.4 Å². The first-order valence-corrected chi connectivity index (χ1v) is 9.64. The number of fused-ring (bicyclic) bond motifs is 1. The molecule has 0 aliphatic carbocycles. The molecule has 0 unspecified atom stereocenters. The van der Waals surface area contributed by atoms with Crippen LogP contribution in [0.25, 0.3) is 4.96 Å². The van der Waals surface area contributed by atoms with Crippen molar-refractivity contribution in [2.45, 2.75) is 13.0 Å². The van der Waals surface area contributed by atoms with E-state index in [0.29, 0.717) is 6.61 Å². The number of rotatable bonds is 7. The van der Waals surface area contributed by atoms with Crippen LogP contribution in [0.5, 0.6) is 5.75 Å². The number of nitrogens with one attached hydrogen (secondary N) is 1. The van der Waals surface area contributed by atoms with Gasteiger partial charge in [0.15, 0.2) is 4.96 Å². The molecule has 0 saturated heterocycles. The van der Waals surface area contributed by atoms with Crippen LogP contribution in [0.2, 0.25) is 0 Å². The fourth-order valence-electron chi connectivity index (χ4n) is 2.67. The molecular formula is C21H18N4O2S. The first kappa shape index (κ1) is 17.9. The quantitative estimate of drug-likeness (QED) is 0.387. The van der Waals surface area contributed by atoms with Crippen molar-refractivity contribution in [3.63, 3.8) is 0 Å².